The number of methoxy groups -OCH3 is 2. The molecular formula is C32H50N2O5. The molecule has 218 valence electrons. The Hall–Kier alpha value is -3.13. The molecule has 39 heavy (non-hydrogen) atoms. The van der Waals surface area contributed by atoms with Crippen molar-refractivity contribution in [3.05, 3.63) is 83.0 Å². The minimum Gasteiger partial charge on any atom is -0.492 e. The summed E-state index contributed by atoms with van der Waals surface area (Å²) in [7, 11) is 3.27. The molecule has 0 radical (unpaired) electrons. The average Bonchev–Trinajstić information content (AvgIpc) is 2.99. The third-order valence-corrected chi connectivity index (χ3v) is 5.19. The highest BCUT2D eigenvalue weighted by Gasteiger charge is 2.12. The molecule has 0 fully saturated rings. The highest BCUT2D eigenvalue weighted by molar-refractivity contribution is 5.39. The summed E-state index contributed by atoms with van der Waals surface area (Å²) in [4.78, 5) is 4.46. The Balaban J connectivity index is 0.000000803. The molecule has 0 amide bonds. The fourth-order valence-corrected chi connectivity index (χ4v) is 3.00. The molecule has 2 aromatic carbocycles. The summed E-state index contributed by atoms with van der Waals surface area (Å²) < 4.78 is 27.4. The summed E-state index contributed by atoms with van der Waals surface area (Å²) in [6, 6.07) is 19.8. The summed E-state index contributed by atoms with van der Waals surface area (Å²) in [6.45, 7) is 16.5. The van der Waals surface area contributed by atoms with E-state index in [0.29, 0.717) is 38.9 Å². The minimum absolute atomic E-state index is 0.132. The van der Waals surface area contributed by atoms with Crippen LogP contribution in [0.4, 0.5) is 0 Å². The van der Waals surface area contributed by atoms with Gasteiger partial charge in [0, 0.05) is 38.1 Å². The number of hydrogen-bond acceptors (Lipinski definition) is 7. The van der Waals surface area contributed by atoms with E-state index in [1.54, 1.807) is 14.2 Å². The van der Waals surface area contributed by atoms with Crippen molar-refractivity contribution >= 4 is 0 Å². The van der Waals surface area contributed by atoms with Crippen molar-refractivity contribution < 1.29 is 23.7 Å². The second kappa shape index (κ2) is 22.8. The van der Waals surface area contributed by atoms with Crippen LogP contribution < -0.4 is 19.9 Å². The molecule has 0 bridgehead atoms. The van der Waals surface area contributed by atoms with Gasteiger partial charge in [-0.1, -0.05) is 75.7 Å². The molecule has 1 unspecified atom stereocenters. The number of ether oxygens (including phenoxy) is 5. The highest BCUT2D eigenvalue weighted by Crippen LogP contribution is 2.26. The number of hydrogen-bond donors (Lipinski definition) is 1. The fraction of sp³-hybridized carbons (Fsp3) is 0.469. The van der Waals surface area contributed by atoms with Gasteiger partial charge in [-0.3, -0.25) is 0 Å². The van der Waals surface area contributed by atoms with Gasteiger partial charge in [-0.2, -0.15) is 0 Å². The molecule has 0 aliphatic rings. The van der Waals surface area contributed by atoms with E-state index in [4.69, 9.17) is 29.4 Å². The van der Waals surface area contributed by atoms with Crippen LogP contribution in [0.1, 0.15) is 50.1 Å². The van der Waals surface area contributed by atoms with E-state index < -0.39 is 0 Å². The predicted molar refractivity (Wildman–Crippen MR) is 161 cm³/mol. The lowest BCUT2D eigenvalue weighted by Crippen LogP contribution is -2.25. The molecule has 3 rings (SSSR count). The van der Waals surface area contributed by atoms with Crippen LogP contribution in [0.15, 0.2) is 60.7 Å². The van der Waals surface area contributed by atoms with E-state index in [9.17, 15) is 0 Å². The first kappa shape index (κ1) is 35.9. The van der Waals surface area contributed by atoms with Gasteiger partial charge in [0.15, 0.2) is 0 Å². The molecule has 0 aliphatic carbocycles. The Labute approximate surface area is 236 Å². The smallest absolute Gasteiger partial charge is 0.217 e. The minimum atomic E-state index is -0.132. The van der Waals surface area contributed by atoms with Gasteiger partial charge in [0.25, 0.3) is 0 Å². The van der Waals surface area contributed by atoms with Crippen LogP contribution >= 0.6 is 0 Å². The maximum absolute atomic E-state index is 5.95. The van der Waals surface area contributed by atoms with Crippen LogP contribution in [-0.4, -0.2) is 51.7 Å². The van der Waals surface area contributed by atoms with Crippen molar-refractivity contribution in [3.8, 4) is 17.4 Å². The number of nitrogens with two attached hydrogens (primary N) is 1. The summed E-state index contributed by atoms with van der Waals surface area (Å²) >= 11 is 0. The van der Waals surface area contributed by atoms with Crippen LogP contribution in [0, 0.1) is 20.8 Å². The molecule has 3 aromatic rings. The topological polar surface area (TPSA) is 85.1 Å². The lowest BCUT2D eigenvalue weighted by Gasteiger charge is -2.17. The van der Waals surface area contributed by atoms with Crippen LogP contribution in [0.25, 0.3) is 0 Å². The number of nitrogens with zero attached hydrogens (tertiary/aromatic N) is 1. The van der Waals surface area contributed by atoms with Crippen LogP contribution in [0.3, 0.4) is 0 Å². The fourth-order valence-electron chi connectivity index (χ4n) is 3.00. The van der Waals surface area contributed by atoms with Gasteiger partial charge in [0.2, 0.25) is 5.88 Å². The number of benzene rings is 2. The maximum Gasteiger partial charge on any atom is 0.217 e. The molecule has 0 saturated carbocycles. The van der Waals surface area contributed by atoms with E-state index >= 15 is 0 Å². The van der Waals surface area contributed by atoms with Crippen molar-refractivity contribution in [2.75, 3.05) is 40.6 Å². The van der Waals surface area contributed by atoms with Gasteiger partial charge < -0.3 is 29.4 Å². The maximum atomic E-state index is 5.95. The van der Waals surface area contributed by atoms with Crippen LogP contribution in [-0.2, 0) is 16.1 Å². The standard InChI is InChI=1S/C19H25NO4.C9H13NO.2C2H6/c1-14-15(2)20-19(24-13-17(22-4)12-21-3)10-18(14)23-11-16-8-6-5-7-9-16;1-8-2-4-9(5-3-8)11-7-6-10;2*1-2/h5-10,17H,11-13H2,1-4H3;2-5H,6-7,10H2,1H3;2*1-2H3. The monoisotopic (exact) mass is 542 g/mol. The highest BCUT2D eigenvalue weighted by atomic mass is 16.6. The lowest BCUT2D eigenvalue weighted by atomic mass is 10.2. The molecule has 7 nitrogen and oxygen atoms in total. The summed E-state index contributed by atoms with van der Waals surface area (Å²) in [5.74, 6) is 2.20. The van der Waals surface area contributed by atoms with Crippen molar-refractivity contribution in [3.63, 3.8) is 0 Å². The van der Waals surface area contributed by atoms with E-state index in [-0.39, 0.29) is 6.10 Å². The van der Waals surface area contributed by atoms with Gasteiger partial charge in [0.1, 0.15) is 37.4 Å². The van der Waals surface area contributed by atoms with Crippen molar-refractivity contribution in [2.45, 2.75) is 61.2 Å². The van der Waals surface area contributed by atoms with E-state index in [2.05, 4.69) is 4.98 Å². The molecule has 7 heteroatoms. The Bertz CT molecular complexity index is 982. The number of rotatable bonds is 12. The summed E-state index contributed by atoms with van der Waals surface area (Å²) in [5, 5.41) is 0. The van der Waals surface area contributed by atoms with Crippen LogP contribution in [0.5, 0.6) is 17.4 Å². The third-order valence-electron chi connectivity index (χ3n) is 5.19. The van der Waals surface area contributed by atoms with Gasteiger partial charge in [-0.05, 0) is 38.5 Å². The lowest BCUT2D eigenvalue weighted by molar-refractivity contribution is -0.000124. The zero-order valence-electron chi connectivity index (χ0n) is 25.5. The van der Waals surface area contributed by atoms with Gasteiger partial charge in [-0.15, -0.1) is 0 Å². The second-order valence-corrected chi connectivity index (χ2v) is 8.02. The van der Waals surface area contributed by atoms with Crippen molar-refractivity contribution in [1.82, 2.24) is 4.98 Å². The van der Waals surface area contributed by atoms with Gasteiger partial charge in [0.05, 0.1) is 6.61 Å². The quantitative estimate of drug-likeness (QED) is 0.272. The predicted octanol–water partition coefficient (Wildman–Crippen LogP) is 6.70. The largest absolute Gasteiger partial charge is 0.492 e. The molecule has 1 heterocycles. The molecule has 2 N–H and O–H groups in total. The summed E-state index contributed by atoms with van der Waals surface area (Å²) in [6.07, 6.45) is -0.132. The molecule has 1 atom stereocenters. The molecule has 1 aromatic heterocycles. The first-order chi connectivity index (χ1) is 19.0. The Morgan fingerprint density at radius 1 is 0.795 bits per heavy atom. The average molecular weight is 543 g/mol. The van der Waals surface area contributed by atoms with E-state index in [1.165, 1.54) is 5.56 Å². The third kappa shape index (κ3) is 15.1. The van der Waals surface area contributed by atoms with Gasteiger partial charge in [-0.25, -0.2) is 4.98 Å². The SMILES string of the molecule is CC.CC.COCC(COc1cc(OCc2ccccc2)c(C)c(C)n1)OC.Cc1ccc(OCCN)cc1. The first-order valence-electron chi connectivity index (χ1n) is 13.7. The molecular weight excluding hydrogens is 492 g/mol. The van der Waals surface area contributed by atoms with E-state index in [0.717, 1.165) is 28.3 Å². The van der Waals surface area contributed by atoms with Crippen LogP contribution in [0.2, 0.25) is 0 Å². The Morgan fingerprint density at radius 2 is 1.44 bits per heavy atom. The van der Waals surface area contributed by atoms with E-state index in [1.807, 2.05) is 109 Å². The molecule has 0 saturated heterocycles. The first-order valence-corrected chi connectivity index (χ1v) is 13.7. The van der Waals surface area contributed by atoms with Gasteiger partial charge >= 0.3 is 0 Å². The normalized spacial score (nSPS) is 10.4. The summed E-state index contributed by atoms with van der Waals surface area (Å²) in [5.41, 5.74) is 9.54. The number of aryl methyl sites for hydroxylation is 2. The number of aromatic nitrogens is 1. The zero-order valence-corrected chi connectivity index (χ0v) is 25.5. The molecule has 0 aliphatic heterocycles. The Kier molecular flexibility index (Phi) is 21.0. The zero-order chi connectivity index (χ0) is 29.5. The second-order valence-electron chi connectivity index (χ2n) is 8.02. The molecule has 0 spiro atoms. The Morgan fingerprint density at radius 3 is 2.00 bits per heavy atom. The van der Waals surface area contributed by atoms with Crippen molar-refractivity contribution in [2.24, 2.45) is 5.73 Å². The number of pyridine rings is 1. The van der Waals surface area contributed by atoms with Crippen molar-refractivity contribution in [1.29, 1.82) is 0 Å².